The number of amides is 3. The zero-order valence-electron chi connectivity index (χ0n) is 16.5. The van der Waals surface area contributed by atoms with Crippen molar-refractivity contribution in [3.05, 3.63) is 71.0 Å². The molecule has 10 nitrogen and oxygen atoms in total. The molecule has 2 N–H and O–H groups in total. The molecule has 0 saturated carbocycles. The summed E-state index contributed by atoms with van der Waals surface area (Å²) < 4.78 is 4.97. The van der Waals surface area contributed by atoms with Gasteiger partial charge >= 0.3 is 0 Å². The first-order chi connectivity index (χ1) is 15.1. The van der Waals surface area contributed by atoms with E-state index in [2.05, 4.69) is 20.5 Å². The highest BCUT2D eigenvalue weighted by Gasteiger charge is 2.48. The average molecular weight is 418 g/mol. The van der Waals surface area contributed by atoms with Gasteiger partial charge in [0.25, 0.3) is 11.8 Å². The molecule has 156 valence electrons. The SMILES string of the molecule is COCc1nc(NC(=O)CN2C(=O)c3ccccc3N3C(=O)c4ccccc4C23)n[nH]1. The van der Waals surface area contributed by atoms with Crippen LogP contribution in [0, 0.1) is 0 Å². The first-order valence-corrected chi connectivity index (χ1v) is 9.61. The molecule has 0 bridgehead atoms. The highest BCUT2D eigenvalue weighted by atomic mass is 16.5. The predicted molar refractivity (Wildman–Crippen MR) is 109 cm³/mol. The van der Waals surface area contributed by atoms with Gasteiger partial charge in [0.15, 0.2) is 5.82 Å². The summed E-state index contributed by atoms with van der Waals surface area (Å²) in [5.74, 6) is -0.466. The van der Waals surface area contributed by atoms with E-state index in [-0.39, 0.29) is 30.9 Å². The molecule has 10 heteroatoms. The summed E-state index contributed by atoms with van der Waals surface area (Å²) in [6, 6.07) is 14.0. The Labute approximate surface area is 176 Å². The third-order valence-corrected chi connectivity index (χ3v) is 5.26. The van der Waals surface area contributed by atoms with Crippen molar-refractivity contribution in [3.63, 3.8) is 0 Å². The second kappa shape index (κ2) is 7.33. The van der Waals surface area contributed by atoms with E-state index in [0.717, 1.165) is 0 Å². The van der Waals surface area contributed by atoms with Gasteiger partial charge in [-0.2, -0.15) is 4.98 Å². The lowest BCUT2D eigenvalue weighted by Gasteiger charge is -2.40. The maximum absolute atomic E-state index is 13.3. The van der Waals surface area contributed by atoms with Crippen molar-refractivity contribution in [2.45, 2.75) is 12.8 Å². The standard InChI is InChI=1S/C21H18N6O4/c1-31-11-16-22-21(25-24-16)23-17(28)10-26-18-12-6-2-3-7-13(12)20(30)27(18)15-9-5-4-8-14(15)19(26)29/h2-9,18H,10-11H2,1H3,(H2,22,23,24,25,28). The number of H-pyrrole nitrogens is 1. The lowest BCUT2D eigenvalue weighted by atomic mass is 10.0. The van der Waals surface area contributed by atoms with E-state index in [4.69, 9.17) is 4.74 Å². The molecule has 2 aromatic carbocycles. The molecular weight excluding hydrogens is 400 g/mol. The second-order valence-corrected chi connectivity index (χ2v) is 7.17. The minimum atomic E-state index is -0.701. The summed E-state index contributed by atoms with van der Waals surface area (Å²) in [6.07, 6.45) is -0.701. The fraction of sp³-hybridized carbons (Fsp3) is 0.190. The number of fused-ring (bicyclic) bond motifs is 5. The highest BCUT2D eigenvalue weighted by Crippen LogP contribution is 2.44. The van der Waals surface area contributed by atoms with Gasteiger partial charge in [-0.25, -0.2) is 0 Å². The number of hydrogen-bond acceptors (Lipinski definition) is 6. The van der Waals surface area contributed by atoms with Crippen molar-refractivity contribution in [3.8, 4) is 0 Å². The molecule has 5 rings (SSSR count). The number of carbonyl (C=O) groups is 3. The highest BCUT2D eigenvalue weighted by molar-refractivity contribution is 6.17. The van der Waals surface area contributed by atoms with Gasteiger partial charge in [0, 0.05) is 18.2 Å². The van der Waals surface area contributed by atoms with Gasteiger partial charge in [-0.1, -0.05) is 30.3 Å². The number of nitrogens with zero attached hydrogens (tertiary/aromatic N) is 4. The van der Waals surface area contributed by atoms with Crippen molar-refractivity contribution in [1.82, 2.24) is 20.1 Å². The van der Waals surface area contributed by atoms with Crippen molar-refractivity contribution in [2.75, 3.05) is 23.9 Å². The lowest BCUT2D eigenvalue weighted by Crippen LogP contribution is -2.50. The fourth-order valence-electron chi connectivity index (χ4n) is 4.01. The number of aromatic amines is 1. The van der Waals surface area contributed by atoms with Crippen LogP contribution in [-0.4, -0.2) is 51.5 Å². The minimum absolute atomic E-state index is 0.0849. The Bertz CT molecular complexity index is 1210. The average Bonchev–Trinajstić information content (AvgIpc) is 3.34. The van der Waals surface area contributed by atoms with Crippen LogP contribution in [-0.2, 0) is 16.1 Å². The maximum Gasteiger partial charge on any atom is 0.260 e. The summed E-state index contributed by atoms with van der Waals surface area (Å²) in [5, 5.41) is 9.16. The Kier molecular flexibility index (Phi) is 4.48. The third kappa shape index (κ3) is 3.04. The topological polar surface area (TPSA) is 121 Å². The van der Waals surface area contributed by atoms with Crippen LogP contribution in [0.5, 0.6) is 0 Å². The summed E-state index contributed by atoms with van der Waals surface area (Å²) in [4.78, 5) is 46.3. The monoisotopic (exact) mass is 418 g/mol. The first-order valence-electron chi connectivity index (χ1n) is 9.61. The number of aromatic nitrogens is 3. The van der Waals surface area contributed by atoms with Gasteiger partial charge < -0.3 is 9.64 Å². The number of benzene rings is 2. The largest absolute Gasteiger partial charge is 0.377 e. The molecule has 0 spiro atoms. The van der Waals surface area contributed by atoms with Crippen LogP contribution in [0.3, 0.4) is 0 Å². The number of anilines is 2. The van der Waals surface area contributed by atoms with Gasteiger partial charge in [-0.15, -0.1) is 5.10 Å². The molecule has 3 aromatic rings. The Hall–Kier alpha value is -4.05. The smallest absolute Gasteiger partial charge is 0.260 e. The normalized spacial score (nSPS) is 16.7. The Balaban J connectivity index is 1.48. The first kappa shape index (κ1) is 18.9. The van der Waals surface area contributed by atoms with Gasteiger partial charge in [0.1, 0.15) is 19.3 Å². The Morgan fingerprint density at radius 1 is 1.10 bits per heavy atom. The molecule has 3 heterocycles. The third-order valence-electron chi connectivity index (χ3n) is 5.26. The van der Waals surface area contributed by atoms with Crippen LogP contribution in [0.1, 0.15) is 38.3 Å². The lowest BCUT2D eigenvalue weighted by molar-refractivity contribution is -0.117. The Morgan fingerprint density at radius 2 is 1.84 bits per heavy atom. The van der Waals surface area contributed by atoms with Crippen molar-refractivity contribution in [2.24, 2.45) is 0 Å². The molecule has 0 saturated heterocycles. The zero-order valence-corrected chi connectivity index (χ0v) is 16.5. The summed E-state index contributed by atoms with van der Waals surface area (Å²) >= 11 is 0. The van der Waals surface area contributed by atoms with Crippen LogP contribution in [0.25, 0.3) is 0 Å². The van der Waals surface area contributed by atoms with E-state index in [1.165, 1.54) is 12.0 Å². The predicted octanol–water partition coefficient (Wildman–Crippen LogP) is 1.70. The van der Waals surface area contributed by atoms with Crippen molar-refractivity contribution in [1.29, 1.82) is 0 Å². The van der Waals surface area contributed by atoms with E-state index < -0.39 is 12.1 Å². The van der Waals surface area contributed by atoms with E-state index in [9.17, 15) is 14.4 Å². The number of methoxy groups -OCH3 is 1. The molecule has 1 unspecified atom stereocenters. The van der Waals surface area contributed by atoms with E-state index in [0.29, 0.717) is 28.2 Å². The molecule has 0 fully saturated rings. The number of rotatable bonds is 5. The summed E-state index contributed by atoms with van der Waals surface area (Å²) in [6.45, 7) is -0.0513. The number of carbonyl (C=O) groups excluding carboxylic acids is 3. The van der Waals surface area contributed by atoms with Crippen LogP contribution in [0.4, 0.5) is 11.6 Å². The van der Waals surface area contributed by atoms with E-state index in [1.807, 2.05) is 6.07 Å². The molecule has 3 amide bonds. The molecular formula is C21H18N6O4. The fourth-order valence-corrected chi connectivity index (χ4v) is 4.01. The quantitative estimate of drug-likeness (QED) is 0.651. The molecule has 2 aliphatic rings. The van der Waals surface area contributed by atoms with E-state index >= 15 is 0 Å². The van der Waals surface area contributed by atoms with Crippen LogP contribution < -0.4 is 10.2 Å². The maximum atomic E-state index is 13.3. The van der Waals surface area contributed by atoms with Crippen LogP contribution in [0.15, 0.2) is 48.5 Å². The minimum Gasteiger partial charge on any atom is -0.377 e. The van der Waals surface area contributed by atoms with Crippen LogP contribution in [0.2, 0.25) is 0 Å². The molecule has 1 aromatic heterocycles. The Morgan fingerprint density at radius 3 is 2.65 bits per heavy atom. The van der Waals surface area contributed by atoms with Gasteiger partial charge in [0.2, 0.25) is 11.9 Å². The van der Waals surface area contributed by atoms with Gasteiger partial charge in [-0.05, 0) is 18.2 Å². The molecule has 2 aliphatic heterocycles. The number of ether oxygens (including phenoxy) is 1. The molecule has 31 heavy (non-hydrogen) atoms. The summed E-state index contributed by atoms with van der Waals surface area (Å²) in [7, 11) is 1.52. The van der Waals surface area contributed by atoms with Crippen molar-refractivity contribution >= 4 is 29.4 Å². The van der Waals surface area contributed by atoms with Crippen molar-refractivity contribution < 1.29 is 19.1 Å². The molecule has 0 aliphatic carbocycles. The van der Waals surface area contributed by atoms with Gasteiger partial charge in [0.05, 0.1) is 11.3 Å². The number of hydrogen-bond donors (Lipinski definition) is 2. The van der Waals surface area contributed by atoms with E-state index in [1.54, 1.807) is 47.4 Å². The number of para-hydroxylation sites is 1. The second-order valence-electron chi connectivity index (χ2n) is 7.17. The summed E-state index contributed by atoms with van der Waals surface area (Å²) in [5.41, 5.74) is 2.10. The van der Waals surface area contributed by atoms with Gasteiger partial charge in [-0.3, -0.25) is 29.7 Å². The molecule has 0 radical (unpaired) electrons. The number of nitrogens with one attached hydrogen (secondary N) is 2. The zero-order chi connectivity index (χ0) is 21.5. The molecule has 1 atom stereocenters. The van der Waals surface area contributed by atoms with Crippen LogP contribution >= 0.6 is 0 Å².